The van der Waals surface area contributed by atoms with Crippen molar-refractivity contribution in [3.63, 3.8) is 0 Å². The van der Waals surface area contributed by atoms with Crippen LogP contribution in [0.2, 0.25) is 0 Å². The highest BCUT2D eigenvalue weighted by Crippen LogP contribution is 2.23. The quantitative estimate of drug-likeness (QED) is 0.589. The molecule has 3 rings (SSSR count). The number of carbonyl (C=O) groups excluding carboxylic acids is 1. The van der Waals surface area contributed by atoms with E-state index in [9.17, 15) is 23.1 Å². The summed E-state index contributed by atoms with van der Waals surface area (Å²) in [5.41, 5.74) is 3.90. The molecule has 0 bridgehead atoms. The minimum Gasteiger partial charge on any atom is -0.480 e. The third-order valence-electron chi connectivity index (χ3n) is 4.98. The SMILES string of the molecule is Cc1ccccc1-c1ccc(CC(NC(=O)c2ccccc2S(C)(=O)=O)C(=O)O)cc1. The number of aliphatic carboxylic acids is 1. The van der Waals surface area contributed by atoms with Gasteiger partial charge in [-0.3, -0.25) is 4.79 Å². The third kappa shape index (κ3) is 5.38. The number of carboxylic acids is 1. The van der Waals surface area contributed by atoms with E-state index < -0.39 is 27.8 Å². The monoisotopic (exact) mass is 437 g/mol. The van der Waals surface area contributed by atoms with Crippen LogP contribution in [-0.4, -0.2) is 37.7 Å². The number of hydrogen-bond donors (Lipinski definition) is 2. The first-order valence-electron chi connectivity index (χ1n) is 9.64. The number of carbonyl (C=O) groups is 2. The van der Waals surface area contributed by atoms with Gasteiger partial charge < -0.3 is 10.4 Å². The highest BCUT2D eigenvalue weighted by Gasteiger charge is 2.24. The van der Waals surface area contributed by atoms with Crippen molar-refractivity contribution in [3.05, 3.63) is 89.5 Å². The number of aryl methyl sites for hydroxylation is 1. The minimum absolute atomic E-state index is 0.0656. The van der Waals surface area contributed by atoms with Gasteiger partial charge in [0.2, 0.25) is 0 Å². The average Bonchev–Trinajstić information content (AvgIpc) is 2.73. The smallest absolute Gasteiger partial charge is 0.326 e. The highest BCUT2D eigenvalue weighted by atomic mass is 32.2. The van der Waals surface area contributed by atoms with Gasteiger partial charge in [-0.25, -0.2) is 13.2 Å². The van der Waals surface area contributed by atoms with Crippen LogP contribution in [-0.2, 0) is 21.1 Å². The zero-order valence-corrected chi connectivity index (χ0v) is 18.0. The van der Waals surface area contributed by atoms with Crippen molar-refractivity contribution < 1.29 is 23.1 Å². The maximum Gasteiger partial charge on any atom is 0.326 e. The summed E-state index contributed by atoms with van der Waals surface area (Å²) in [7, 11) is -3.64. The van der Waals surface area contributed by atoms with E-state index in [0.717, 1.165) is 28.5 Å². The Morgan fingerprint density at radius 2 is 1.55 bits per heavy atom. The van der Waals surface area contributed by atoms with Gasteiger partial charge in [-0.1, -0.05) is 60.7 Å². The summed E-state index contributed by atoms with van der Waals surface area (Å²) in [6.07, 6.45) is 1.07. The lowest BCUT2D eigenvalue weighted by atomic mass is 9.98. The van der Waals surface area contributed by atoms with E-state index in [2.05, 4.69) is 5.32 Å². The fraction of sp³-hybridized carbons (Fsp3) is 0.167. The second-order valence-electron chi connectivity index (χ2n) is 7.35. The number of amides is 1. The van der Waals surface area contributed by atoms with Gasteiger partial charge in [0.1, 0.15) is 6.04 Å². The number of nitrogens with one attached hydrogen (secondary N) is 1. The molecule has 0 fully saturated rings. The Morgan fingerprint density at radius 1 is 0.935 bits per heavy atom. The molecule has 0 radical (unpaired) electrons. The molecule has 31 heavy (non-hydrogen) atoms. The second-order valence-corrected chi connectivity index (χ2v) is 9.33. The second kappa shape index (κ2) is 9.14. The van der Waals surface area contributed by atoms with Crippen LogP contribution in [0.1, 0.15) is 21.5 Å². The van der Waals surface area contributed by atoms with Gasteiger partial charge in [-0.15, -0.1) is 0 Å². The summed E-state index contributed by atoms with van der Waals surface area (Å²) in [4.78, 5) is 24.3. The minimum atomic E-state index is -3.64. The molecule has 1 unspecified atom stereocenters. The van der Waals surface area contributed by atoms with Crippen molar-refractivity contribution in [2.45, 2.75) is 24.3 Å². The van der Waals surface area contributed by atoms with Crippen LogP contribution in [0, 0.1) is 6.92 Å². The molecule has 0 saturated carbocycles. The number of rotatable bonds is 7. The molecule has 0 saturated heterocycles. The van der Waals surface area contributed by atoms with Crippen LogP contribution in [0.4, 0.5) is 0 Å². The fourth-order valence-corrected chi connectivity index (χ4v) is 4.25. The first kappa shape index (κ1) is 22.2. The van der Waals surface area contributed by atoms with E-state index in [1.54, 1.807) is 0 Å². The van der Waals surface area contributed by atoms with Crippen LogP contribution < -0.4 is 5.32 Å². The molecule has 0 spiro atoms. The zero-order chi connectivity index (χ0) is 22.6. The van der Waals surface area contributed by atoms with Crippen LogP contribution in [0.3, 0.4) is 0 Å². The topological polar surface area (TPSA) is 101 Å². The van der Waals surface area contributed by atoms with Gasteiger partial charge in [0.05, 0.1) is 10.5 Å². The maximum atomic E-state index is 12.7. The van der Waals surface area contributed by atoms with Crippen molar-refractivity contribution in [2.75, 3.05) is 6.26 Å². The van der Waals surface area contributed by atoms with Gasteiger partial charge in [0.15, 0.2) is 9.84 Å². The molecule has 3 aromatic rings. The molecule has 7 heteroatoms. The van der Waals surface area contributed by atoms with Crippen LogP contribution in [0.15, 0.2) is 77.7 Å². The number of hydrogen-bond acceptors (Lipinski definition) is 4. The molecule has 1 amide bonds. The number of carboxylic acid groups (broad SMARTS) is 1. The predicted octanol–water partition coefficient (Wildman–Crippen LogP) is 3.49. The van der Waals surface area contributed by atoms with Crippen molar-refractivity contribution >= 4 is 21.7 Å². The summed E-state index contributed by atoms with van der Waals surface area (Å²) >= 11 is 0. The lowest BCUT2D eigenvalue weighted by molar-refractivity contribution is -0.139. The van der Waals surface area contributed by atoms with Gasteiger partial charge in [-0.2, -0.15) is 0 Å². The molecule has 0 aliphatic carbocycles. The molecule has 0 aliphatic heterocycles. The molecule has 3 aromatic carbocycles. The lowest BCUT2D eigenvalue weighted by Crippen LogP contribution is -2.42. The van der Waals surface area contributed by atoms with Crippen LogP contribution in [0.5, 0.6) is 0 Å². The molecular formula is C24H23NO5S. The Balaban J connectivity index is 1.79. The summed E-state index contributed by atoms with van der Waals surface area (Å²) < 4.78 is 23.9. The van der Waals surface area contributed by atoms with Crippen LogP contribution >= 0.6 is 0 Å². The first-order valence-corrected chi connectivity index (χ1v) is 11.5. The van der Waals surface area contributed by atoms with Crippen molar-refractivity contribution in [3.8, 4) is 11.1 Å². The normalized spacial score (nSPS) is 12.2. The van der Waals surface area contributed by atoms with Crippen LogP contribution in [0.25, 0.3) is 11.1 Å². The molecule has 160 valence electrons. The molecule has 1 atom stereocenters. The summed E-state index contributed by atoms with van der Waals surface area (Å²) in [5.74, 6) is -1.95. The summed E-state index contributed by atoms with van der Waals surface area (Å²) in [6.45, 7) is 2.02. The van der Waals surface area contributed by atoms with Crippen molar-refractivity contribution in [1.82, 2.24) is 5.32 Å². The molecule has 0 aromatic heterocycles. The lowest BCUT2D eigenvalue weighted by Gasteiger charge is -2.16. The highest BCUT2D eigenvalue weighted by molar-refractivity contribution is 7.90. The fourth-order valence-electron chi connectivity index (χ4n) is 3.37. The Kier molecular flexibility index (Phi) is 6.56. The molecular weight excluding hydrogens is 414 g/mol. The standard InChI is InChI=1S/C24H23NO5S/c1-16-7-3-4-8-19(16)18-13-11-17(12-14-18)15-21(24(27)28)25-23(26)20-9-5-6-10-22(20)31(2,29)30/h3-14,21H,15H2,1-2H3,(H,25,26)(H,27,28). The Labute approximate surface area is 181 Å². The first-order chi connectivity index (χ1) is 14.7. The zero-order valence-electron chi connectivity index (χ0n) is 17.2. The van der Waals surface area contributed by atoms with Gasteiger partial charge >= 0.3 is 5.97 Å². The number of sulfone groups is 1. The summed E-state index contributed by atoms with van der Waals surface area (Å²) in [6, 6.07) is 20.0. The molecule has 6 nitrogen and oxygen atoms in total. The van der Waals surface area contributed by atoms with Gasteiger partial charge in [0, 0.05) is 12.7 Å². The van der Waals surface area contributed by atoms with Crippen molar-refractivity contribution in [1.29, 1.82) is 0 Å². The van der Waals surface area contributed by atoms with E-state index in [0.29, 0.717) is 0 Å². The van der Waals surface area contributed by atoms with E-state index in [1.165, 1.54) is 24.3 Å². The average molecular weight is 438 g/mol. The molecule has 0 aliphatic rings. The largest absolute Gasteiger partial charge is 0.480 e. The molecule has 2 N–H and O–H groups in total. The maximum absolute atomic E-state index is 12.7. The van der Waals surface area contributed by atoms with Crippen molar-refractivity contribution in [2.24, 2.45) is 0 Å². The van der Waals surface area contributed by atoms with E-state index in [-0.39, 0.29) is 16.9 Å². The third-order valence-corrected chi connectivity index (χ3v) is 6.14. The van der Waals surface area contributed by atoms with E-state index >= 15 is 0 Å². The van der Waals surface area contributed by atoms with E-state index in [1.807, 2.05) is 55.5 Å². The Hall–Kier alpha value is -3.45. The Bertz CT molecular complexity index is 1220. The van der Waals surface area contributed by atoms with Gasteiger partial charge in [-0.05, 0) is 41.3 Å². The van der Waals surface area contributed by atoms with E-state index in [4.69, 9.17) is 0 Å². The Morgan fingerprint density at radius 3 is 2.16 bits per heavy atom. The predicted molar refractivity (Wildman–Crippen MR) is 119 cm³/mol. The number of benzene rings is 3. The summed E-state index contributed by atoms with van der Waals surface area (Å²) in [5, 5.41) is 12.0. The van der Waals surface area contributed by atoms with Gasteiger partial charge in [0.25, 0.3) is 5.91 Å². The molecule has 0 heterocycles.